The summed E-state index contributed by atoms with van der Waals surface area (Å²) in [6.07, 6.45) is 4.47. The average Bonchev–Trinajstić information content (AvgIpc) is 3.28. The molecule has 2 aliphatic rings. The van der Waals surface area contributed by atoms with E-state index in [1.54, 1.807) is 0 Å². The minimum atomic E-state index is -0.537. The third-order valence-electron chi connectivity index (χ3n) is 4.14. The number of amides is 4. The number of carbonyl (C=O) groups is 3. The van der Waals surface area contributed by atoms with Gasteiger partial charge in [0.15, 0.2) is 0 Å². The van der Waals surface area contributed by atoms with Gasteiger partial charge < -0.3 is 15.4 Å². The maximum Gasteiger partial charge on any atom is 0.407 e. The van der Waals surface area contributed by atoms with E-state index in [2.05, 4.69) is 16.0 Å². The molecule has 0 spiro atoms. The number of carbonyl (C=O) groups excluding carboxylic acids is 3. The van der Waals surface area contributed by atoms with Crippen molar-refractivity contribution in [1.82, 2.24) is 20.9 Å². The Hall–Kier alpha value is -1.83. The highest BCUT2D eigenvalue weighted by molar-refractivity contribution is 5.95. The van der Waals surface area contributed by atoms with Crippen LogP contribution in [0, 0.1) is 0 Å². The van der Waals surface area contributed by atoms with Crippen LogP contribution in [-0.2, 0) is 9.53 Å². The van der Waals surface area contributed by atoms with Gasteiger partial charge in [0.05, 0.1) is 6.54 Å². The zero-order chi connectivity index (χ0) is 18.4. The molecule has 1 saturated heterocycles. The molecule has 8 heteroatoms. The van der Waals surface area contributed by atoms with E-state index in [1.165, 1.54) is 0 Å². The Morgan fingerprint density at radius 3 is 2.48 bits per heavy atom. The van der Waals surface area contributed by atoms with Crippen molar-refractivity contribution in [3.63, 3.8) is 0 Å². The quantitative estimate of drug-likeness (QED) is 0.692. The second-order valence-electron chi connectivity index (χ2n) is 7.80. The summed E-state index contributed by atoms with van der Waals surface area (Å²) in [5.74, 6) is -0.317. The van der Waals surface area contributed by atoms with Gasteiger partial charge in [0, 0.05) is 18.6 Å². The molecule has 0 bridgehead atoms. The lowest BCUT2D eigenvalue weighted by Crippen LogP contribution is -2.52. The van der Waals surface area contributed by atoms with E-state index in [0.29, 0.717) is 6.54 Å². The maximum absolute atomic E-state index is 12.1. The second kappa shape index (κ2) is 8.51. The molecular formula is C17H30N4O4. The minimum absolute atomic E-state index is 0.0681. The van der Waals surface area contributed by atoms with Gasteiger partial charge in [0.1, 0.15) is 5.60 Å². The van der Waals surface area contributed by atoms with Crippen LogP contribution in [0.5, 0.6) is 0 Å². The molecule has 2 rings (SSSR count). The number of nitrogens with one attached hydrogen (secondary N) is 3. The van der Waals surface area contributed by atoms with Crippen LogP contribution in [0.25, 0.3) is 0 Å². The Labute approximate surface area is 149 Å². The molecule has 0 aromatic rings. The summed E-state index contributed by atoms with van der Waals surface area (Å²) >= 11 is 0. The maximum atomic E-state index is 12.1. The zero-order valence-electron chi connectivity index (χ0n) is 15.4. The summed E-state index contributed by atoms with van der Waals surface area (Å²) in [6.45, 7) is 6.80. The lowest BCUT2D eigenvalue weighted by Gasteiger charge is -2.35. The van der Waals surface area contributed by atoms with E-state index in [1.807, 2.05) is 25.7 Å². The van der Waals surface area contributed by atoms with E-state index in [-0.39, 0.29) is 24.5 Å². The lowest BCUT2D eigenvalue weighted by atomic mass is 10.0. The summed E-state index contributed by atoms with van der Waals surface area (Å²) in [5, 5.41) is 7.88. The number of hydrogen-bond acceptors (Lipinski definition) is 5. The molecule has 1 heterocycles. The van der Waals surface area contributed by atoms with Gasteiger partial charge in [0.2, 0.25) is 5.91 Å². The summed E-state index contributed by atoms with van der Waals surface area (Å²) in [6, 6.07) is -0.139. The van der Waals surface area contributed by atoms with Crippen LogP contribution in [0.3, 0.4) is 0 Å². The Balaban J connectivity index is 1.75. The van der Waals surface area contributed by atoms with Crippen LogP contribution in [0.1, 0.15) is 52.9 Å². The molecule has 142 valence electrons. The van der Waals surface area contributed by atoms with Crippen LogP contribution in [0.2, 0.25) is 0 Å². The Kier molecular flexibility index (Phi) is 6.64. The minimum Gasteiger partial charge on any atom is -0.444 e. The molecule has 4 amide bonds. The van der Waals surface area contributed by atoms with Crippen LogP contribution in [-0.4, -0.2) is 60.3 Å². The van der Waals surface area contributed by atoms with Crippen LogP contribution >= 0.6 is 0 Å². The molecule has 8 nitrogen and oxygen atoms in total. The van der Waals surface area contributed by atoms with Crippen molar-refractivity contribution in [2.75, 3.05) is 19.6 Å². The molecule has 0 radical (unpaired) electrons. The van der Waals surface area contributed by atoms with E-state index >= 15 is 0 Å². The van der Waals surface area contributed by atoms with Crippen LogP contribution in [0.15, 0.2) is 0 Å². The summed E-state index contributed by atoms with van der Waals surface area (Å²) in [7, 11) is 0. The highest BCUT2D eigenvalue weighted by Crippen LogP contribution is 2.18. The molecule has 1 saturated carbocycles. The van der Waals surface area contributed by atoms with Gasteiger partial charge in [-0.3, -0.25) is 15.0 Å². The molecule has 3 N–H and O–H groups in total. The van der Waals surface area contributed by atoms with Gasteiger partial charge >= 0.3 is 12.1 Å². The third kappa shape index (κ3) is 7.72. The first-order chi connectivity index (χ1) is 11.7. The van der Waals surface area contributed by atoms with Gasteiger partial charge in [-0.05, 0) is 53.0 Å². The first-order valence-corrected chi connectivity index (χ1v) is 9.04. The number of nitrogens with zero attached hydrogens (tertiary/aromatic N) is 1. The topological polar surface area (TPSA) is 99.8 Å². The van der Waals surface area contributed by atoms with Crippen molar-refractivity contribution < 1.29 is 19.1 Å². The molecule has 1 aliphatic heterocycles. The highest BCUT2D eigenvalue weighted by Gasteiger charge is 2.27. The summed E-state index contributed by atoms with van der Waals surface area (Å²) in [5.41, 5.74) is -0.537. The van der Waals surface area contributed by atoms with Crippen molar-refractivity contribution in [3.05, 3.63) is 0 Å². The lowest BCUT2D eigenvalue weighted by molar-refractivity contribution is -0.122. The molecule has 1 aliphatic carbocycles. The normalized spacial score (nSPS) is 21.3. The smallest absolute Gasteiger partial charge is 0.407 e. The van der Waals surface area contributed by atoms with Gasteiger partial charge in [-0.15, -0.1) is 0 Å². The molecule has 0 unspecified atom stereocenters. The van der Waals surface area contributed by atoms with Crippen LogP contribution in [0.4, 0.5) is 9.59 Å². The molecule has 1 atom stereocenters. The first-order valence-electron chi connectivity index (χ1n) is 9.04. The van der Waals surface area contributed by atoms with Gasteiger partial charge in [-0.2, -0.15) is 0 Å². The zero-order valence-corrected chi connectivity index (χ0v) is 15.4. The highest BCUT2D eigenvalue weighted by atomic mass is 16.6. The monoisotopic (exact) mass is 354 g/mol. The predicted molar refractivity (Wildman–Crippen MR) is 93.1 cm³/mol. The Morgan fingerprint density at radius 2 is 1.84 bits per heavy atom. The SMILES string of the molecule is CC(C)(C)OC(=O)NC[C@H]1CCCCN1CC(=O)NC(=O)NC1CC1. The standard InChI is InChI=1S/C17H30N4O4/c1-17(2,3)25-16(24)18-10-13-6-4-5-9-21(13)11-14(22)20-15(23)19-12-7-8-12/h12-13H,4-11H2,1-3H3,(H,18,24)(H2,19,20,22,23)/t13-/m1/s1. The van der Waals surface area contributed by atoms with Crippen molar-refractivity contribution >= 4 is 18.0 Å². The molecular weight excluding hydrogens is 324 g/mol. The van der Waals surface area contributed by atoms with Crippen LogP contribution < -0.4 is 16.0 Å². The number of alkyl carbamates (subject to hydrolysis) is 1. The summed E-state index contributed by atoms with van der Waals surface area (Å²) < 4.78 is 5.24. The fourth-order valence-electron chi connectivity index (χ4n) is 2.81. The van der Waals surface area contributed by atoms with E-state index < -0.39 is 17.7 Å². The van der Waals surface area contributed by atoms with Gasteiger partial charge in [-0.1, -0.05) is 6.42 Å². The van der Waals surface area contributed by atoms with Gasteiger partial charge in [-0.25, -0.2) is 9.59 Å². The van der Waals surface area contributed by atoms with Crippen molar-refractivity contribution in [2.24, 2.45) is 0 Å². The number of likely N-dealkylation sites (tertiary alicyclic amines) is 1. The third-order valence-corrected chi connectivity index (χ3v) is 4.14. The number of imide groups is 1. The number of hydrogen-bond donors (Lipinski definition) is 3. The number of urea groups is 1. The number of rotatable bonds is 5. The molecule has 0 aromatic carbocycles. The van der Waals surface area contributed by atoms with E-state index in [9.17, 15) is 14.4 Å². The fraction of sp³-hybridized carbons (Fsp3) is 0.824. The average molecular weight is 354 g/mol. The first kappa shape index (κ1) is 19.5. The predicted octanol–water partition coefficient (Wildman–Crippen LogP) is 1.35. The molecule has 0 aromatic heterocycles. The Morgan fingerprint density at radius 1 is 1.12 bits per heavy atom. The summed E-state index contributed by atoms with van der Waals surface area (Å²) in [4.78, 5) is 37.5. The second-order valence-corrected chi connectivity index (χ2v) is 7.80. The van der Waals surface area contributed by atoms with E-state index in [4.69, 9.17) is 4.74 Å². The molecule has 2 fully saturated rings. The fourth-order valence-corrected chi connectivity index (χ4v) is 2.81. The van der Waals surface area contributed by atoms with Crippen molar-refractivity contribution in [3.8, 4) is 0 Å². The van der Waals surface area contributed by atoms with Crippen molar-refractivity contribution in [1.29, 1.82) is 0 Å². The Bertz CT molecular complexity index is 499. The van der Waals surface area contributed by atoms with Crippen molar-refractivity contribution in [2.45, 2.75) is 70.6 Å². The molecule has 25 heavy (non-hydrogen) atoms. The van der Waals surface area contributed by atoms with Gasteiger partial charge in [0.25, 0.3) is 0 Å². The van der Waals surface area contributed by atoms with E-state index in [0.717, 1.165) is 38.6 Å². The largest absolute Gasteiger partial charge is 0.444 e. The number of piperidine rings is 1. The number of ether oxygens (including phenoxy) is 1.